The molecule has 17 heavy (non-hydrogen) atoms. The third-order valence-electron chi connectivity index (χ3n) is 2.71. The minimum absolute atomic E-state index is 0.219. The second-order valence-electron chi connectivity index (χ2n) is 3.90. The Morgan fingerprint density at radius 1 is 0.824 bits per heavy atom. The Bertz CT molecular complexity index is 388. The molecule has 0 aliphatic rings. The summed E-state index contributed by atoms with van der Waals surface area (Å²) in [6.07, 6.45) is 0. The summed E-state index contributed by atoms with van der Waals surface area (Å²) in [5.41, 5.74) is 2.53. The molecule has 0 bridgehead atoms. The molecule has 0 unspecified atom stereocenters. The van der Waals surface area contributed by atoms with Crippen molar-refractivity contribution in [2.75, 3.05) is 12.4 Å². The van der Waals surface area contributed by atoms with E-state index in [1.807, 2.05) is 12.1 Å². The maximum atomic E-state index is 5.76. The monoisotopic (exact) mass is 245 g/mol. The van der Waals surface area contributed by atoms with Gasteiger partial charge in [0.05, 0.1) is 6.04 Å². The average Bonchev–Trinajstić information content (AvgIpc) is 2.42. The molecule has 0 atom stereocenters. The minimum Gasteiger partial charge on any atom is -0.305 e. The van der Waals surface area contributed by atoms with E-state index in [-0.39, 0.29) is 6.04 Å². The first-order valence-corrected chi connectivity index (χ1v) is 6.34. The average molecular weight is 246 g/mol. The molecule has 0 saturated heterocycles. The maximum absolute atomic E-state index is 5.76. The highest BCUT2D eigenvalue weighted by Crippen LogP contribution is 2.21. The SMILES string of the molecule is ClCCNC(c1ccccc1)c1ccccc1. The predicted octanol–water partition coefficient (Wildman–Crippen LogP) is 3.60. The van der Waals surface area contributed by atoms with Gasteiger partial charge in [-0.1, -0.05) is 60.7 Å². The van der Waals surface area contributed by atoms with Crippen LogP contribution < -0.4 is 5.32 Å². The van der Waals surface area contributed by atoms with Crippen LogP contribution in [0, 0.1) is 0 Å². The third-order valence-corrected chi connectivity index (χ3v) is 2.90. The zero-order valence-corrected chi connectivity index (χ0v) is 10.4. The van der Waals surface area contributed by atoms with Gasteiger partial charge in [-0.3, -0.25) is 0 Å². The highest BCUT2D eigenvalue weighted by atomic mass is 35.5. The second-order valence-corrected chi connectivity index (χ2v) is 4.28. The molecule has 0 amide bonds. The van der Waals surface area contributed by atoms with Crippen LogP contribution in [0.15, 0.2) is 60.7 Å². The molecular weight excluding hydrogens is 230 g/mol. The first-order chi connectivity index (χ1) is 8.42. The summed E-state index contributed by atoms with van der Waals surface area (Å²) in [6.45, 7) is 0.802. The summed E-state index contributed by atoms with van der Waals surface area (Å²) in [6, 6.07) is 21.1. The van der Waals surface area contributed by atoms with Crippen LogP contribution in [-0.4, -0.2) is 12.4 Å². The lowest BCUT2D eigenvalue weighted by Crippen LogP contribution is -2.24. The van der Waals surface area contributed by atoms with Gasteiger partial charge >= 0.3 is 0 Å². The highest BCUT2D eigenvalue weighted by Gasteiger charge is 2.11. The third kappa shape index (κ3) is 3.32. The summed E-state index contributed by atoms with van der Waals surface area (Å²) in [7, 11) is 0. The summed E-state index contributed by atoms with van der Waals surface area (Å²) in [5, 5.41) is 3.47. The first-order valence-electron chi connectivity index (χ1n) is 5.81. The number of nitrogens with one attached hydrogen (secondary N) is 1. The molecule has 0 heterocycles. The van der Waals surface area contributed by atoms with Crippen LogP contribution in [0.3, 0.4) is 0 Å². The maximum Gasteiger partial charge on any atom is 0.0577 e. The fourth-order valence-electron chi connectivity index (χ4n) is 1.92. The van der Waals surface area contributed by atoms with Gasteiger partial charge in [-0.15, -0.1) is 11.6 Å². The quantitative estimate of drug-likeness (QED) is 0.794. The van der Waals surface area contributed by atoms with Crippen LogP contribution in [0.5, 0.6) is 0 Å². The van der Waals surface area contributed by atoms with Gasteiger partial charge < -0.3 is 5.32 Å². The summed E-state index contributed by atoms with van der Waals surface area (Å²) < 4.78 is 0. The Hall–Kier alpha value is -1.31. The zero-order valence-electron chi connectivity index (χ0n) is 9.64. The number of hydrogen-bond donors (Lipinski definition) is 1. The normalized spacial score (nSPS) is 10.7. The number of alkyl halides is 1. The molecule has 2 heteroatoms. The largest absolute Gasteiger partial charge is 0.305 e. The topological polar surface area (TPSA) is 12.0 Å². The van der Waals surface area contributed by atoms with Crippen molar-refractivity contribution >= 4 is 11.6 Å². The number of rotatable bonds is 5. The molecule has 2 aromatic rings. The molecule has 1 nitrogen and oxygen atoms in total. The van der Waals surface area contributed by atoms with Gasteiger partial charge in [0, 0.05) is 12.4 Å². The lowest BCUT2D eigenvalue weighted by Gasteiger charge is -2.19. The van der Waals surface area contributed by atoms with E-state index in [0.29, 0.717) is 5.88 Å². The first kappa shape index (κ1) is 12.2. The standard InChI is InChI=1S/C15H16ClN/c16-11-12-17-15(13-7-3-1-4-8-13)14-9-5-2-6-10-14/h1-10,15,17H,11-12H2. The predicted molar refractivity (Wildman–Crippen MR) is 73.4 cm³/mol. The Morgan fingerprint density at radius 3 is 1.71 bits per heavy atom. The van der Waals surface area contributed by atoms with Crippen molar-refractivity contribution in [1.29, 1.82) is 0 Å². The van der Waals surface area contributed by atoms with E-state index in [1.54, 1.807) is 0 Å². The number of hydrogen-bond acceptors (Lipinski definition) is 1. The number of halogens is 1. The molecule has 0 aromatic heterocycles. The Balaban J connectivity index is 2.26. The Morgan fingerprint density at radius 2 is 1.29 bits per heavy atom. The fourth-order valence-corrected chi connectivity index (χ4v) is 2.03. The summed E-state index contributed by atoms with van der Waals surface area (Å²) >= 11 is 5.76. The molecule has 88 valence electrons. The van der Waals surface area contributed by atoms with Crippen molar-refractivity contribution in [3.8, 4) is 0 Å². The van der Waals surface area contributed by atoms with E-state index in [9.17, 15) is 0 Å². The Labute approximate surface area is 107 Å². The smallest absolute Gasteiger partial charge is 0.0577 e. The van der Waals surface area contributed by atoms with Crippen LogP contribution in [-0.2, 0) is 0 Å². The molecule has 0 radical (unpaired) electrons. The van der Waals surface area contributed by atoms with Crippen molar-refractivity contribution in [2.24, 2.45) is 0 Å². The fraction of sp³-hybridized carbons (Fsp3) is 0.200. The van der Waals surface area contributed by atoms with Crippen molar-refractivity contribution in [3.05, 3.63) is 71.8 Å². The lowest BCUT2D eigenvalue weighted by atomic mass is 9.99. The van der Waals surface area contributed by atoms with Gasteiger partial charge in [0.25, 0.3) is 0 Å². The zero-order chi connectivity index (χ0) is 11.9. The van der Waals surface area contributed by atoms with Gasteiger partial charge in [0.1, 0.15) is 0 Å². The van der Waals surface area contributed by atoms with E-state index >= 15 is 0 Å². The van der Waals surface area contributed by atoms with Gasteiger partial charge in [0.2, 0.25) is 0 Å². The van der Waals surface area contributed by atoms with Crippen molar-refractivity contribution < 1.29 is 0 Å². The Kier molecular flexibility index (Phi) is 4.60. The molecule has 2 aromatic carbocycles. The van der Waals surface area contributed by atoms with Crippen LogP contribution in [0.4, 0.5) is 0 Å². The van der Waals surface area contributed by atoms with Crippen molar-refractivity contribution in [1.82, 2.24) is 5.32 Å². The summed E-state index contributed by atoms with van der Waals surface area (Å²) in [4.78, 5) is 0. The van der Waals surface area contributed by atoms with E-state index < -0.39 is 0 Å². The molecular formula is C15H16ClN. The van der Waals surface area contributed by atoms with Gasteiger partial charge in [-0.2, -0.15) is 0 Å². The van der Waals surface area contributed by atoms with Crippen molar-refractivity contribution in [2.45, 2.75) is 6.04 Å². The van der Waals surface area contributed by atoms with Gasteiger partial charge in [0.15, 0.2) is 0 Å². The van der Waals surface area contributed by atoms with Gasteiger partial charge in [-0.05, 0) is 11.1 Å². The van der Waals surface area contributed by atoms with Crippen LogP contribution in [0.25, 0.3) is 0 Å². The lowest BCUT2D eigenvalue weighted by molar-refractivity contribution is 0.633. The van der Waals surface area contributed by atoms with Crippen LogP contribution in [0.2, 0.25) is 0 Å². The minimum atomic E-state index is 0.219. The second kappa shape index (κ2) is 6.43. The van der Waals surface area contributed by atoms with Crippen LogP contribution >= 0.6 is 11.6 Å². The van der Waals surface area contributed by atoms with E-state index in [1.165, 1.54) is 11.1 Å². The van der Waals surface area contributed by atoms with Gasteiger partial charge in [-0.25, -0.2) is 0 Å². The van der Waals surface area contributed by atoms with Crippen molar-refractivity contribution in [3.63, 3.8) is 0 Å². The molecule has 1 N–H and O–H groups in total. The molecule has 0 saturated carbocycles. The highest BCUT2D eigenvalue weighted by molar-refractivity contribution is 6.18. The van der Waals surface area contributed by atoms with Crippen LogP contribution in [0.1, 0.15) is 17.2 Å². The molecule has 0 aliphatic heterocycles. The molecule has 0 aliphatic carbocycles. The molecule has 2 rings (SSSR count). The summed E-state index contributed by atoms with van der Waals surface area (Å²) in [5.74, 6) is 0.621. The molecule has 0 fully saturated rings. The number of benzene rings is 2. The van der Waals surface area contributed by atoms with E-state index in [0.717, 1.165) is 6.54 Å². The van der Waals surface area contributed by atoms with E-state index in [4.69, 9.17) is 11.6 Å². The molecule has 0 spiro atoms. The van der Waals surface area contributed by atoms with E-state index in [2.05, 4.69) is 53.8 Å².